The molecule has 5 nitrogen and oxygen atoms in total. The Bertz CT molecular complexity index is 649. The number of halogens is 1. The highest BCUT2D eigenvalue weighted by Gasteiger charge is 2.53. The largest absolute Gasteiger partial charge is 0.478 e. The average molecular weight is 291 g/mol. The molecule has 2 aliphatic rings. The van der Waals surface area contributed by atoms with E-state index in [1.54, 1.807) is 0 Å². The van der Waals surface area contributed by atoms with Crippen molar-refractivity contribution in [3.05, 3.63) is 29.6 Å². The first-order chi connectivity index (χ1) is 9.94. The maximum Gasteiger partial charge on any atom is 0.338 e. The number of carboxylic acids is 1. The molecular formula is C15H14FNO4. The number of benzene rings is 1. The predicted molar refractivity (Wildman–Crippen MR) is 71.4 cm³/mol. The van der Waals surface area contributed by atoms with Gasteiger partial charge in [0.1, 0.15) is 5.82 Å². The number of rotatable bonds is 2. The van der Waals surface area contributed by atoms with Crippen LogP contribution in [-0.4, -0.2) is 22.9 Å². The molecule has 0 atom stereocenters. The van der Waals surface area contributed by atoms with E-state index < -0.39 is 22.8 Å². The molecule has 110 valence electrons. The third-order valence-electron chi connectivity index (χ3n) is 4.39. The molecule has 21 heavy (non-hydrogen) atoms. The van der Waals surface area contributed by atoms with Gasteiger partial charge in [0.25, 0.3) is 0 Å². The molecule has 1 saturated heterocycles. The molecule has 2 amide bonds. The Morgan fingerprint density at radius 1 is 1.24 bits per heavy atom. The van der Waals surface area contributed by atoms with Crippen LogP contribution in [0.3, 0.4) is 0 Å². The summed E-state index contributed by atoms with van der Waals surface area (Å²) in [6.07, 6.45) is 3.35. The lowest BCUT2D eigenvalue weighted by Crippen LogP contribution is -2.34. The lowest BCUT2D eigenvalue weighted by atomic mass is 9.84. The second-order valence-corrected chi connectivity index (χ2v) is 5.67. The van der Waals surface area contributed by atoms with E-state index in [0.717, 1.165) is 29.9 Å². The maximum absolute atomic E-state index is 13.4. The van der Waals surface area contributed by atoms with E-state index in [2.05, 4.69) is 0 Å². The molecule has 1 N–H and O–H groups in total. The van der Waals surface area contributed by atoms with E-state index >= 15 is 0 Å². The number of hydrogen-bond donors (Lipinski definition) is 1. The van der Waals surface area contributed by atoms with Gasteiger partial charge in [0.15, 0.2) is 0 Å². The van der Waals surface area contributed by atoms with Gasteiger partial charge in [0.2, 0.25) is 11.8 Å². The van der Waals surface area contributed by atoms with Crippen molar-refractivity contribution in [1.29, 1.82) is 0 Å². The summed E-state index contributed by atoms with van der Waals surface area (Å²) in [5, 5.41) is 8.94. The molecular weight excluding hydrogens is 277 g/mol. The van der Waals surface area contributed by atoms with E-state index in [0.29, 0.717) is 12.8 Å². The molecule has 1 aromatic rings. The molecule has 2 fully saturated rings. The molecule has 1 spiro atoms. The van der Waals surface area contributed by atoms with Gasteiger partial charge < -0.3 is 5.11 Å². The van der Waals surface area contributed by atoms with Crippen molar-refractivity contribution in [3.63, 3.8) is 0 Å². The lowest BCUT2D eigenvalue weighted by molar-refractivity contribution is -0.125. The molecule has 0 unspecified atom stereocenters. The van der Waals surface area contributed by atoms with Crippen LogP contribution < -0.4 is 4.90 Å². The first-order valence-electron chi connectivity index (χ1n) is 6.85. The van der Waals surface area contributed by atoms with Crippen LogP contribution in [0.1, 0.15) is 42.5 Å². The molecule has 0 bridgehead atoms. The summed E-state index contributed by atoms with van der Waals surface area (Å²) < 4.78 is 13.4. The van der Waals surface area contributed by atoms with Crippen molar-refractivity contribution >= 4 is 23.5 Å². The van der Waals surface area contributed by atoms with Crippen molar-refractivity contribution in [2.75, 3.05) is 4.90 Å². The SMILES string of the molecule is O=C(O)c1cc(N2C(=O)CC3(CCCC3)C2=O)ccc1F. The minimum absolute atomic E-state index is 0.132. The van der Waals surface area contributed by atoms with Crippen LogP contribution in [-0.2, 0) is 9.59 Å². The van der Waals surface area contributed by atoms with E-state index in [4.69, 9.17) is 5.11 Å². The lowest BCUT2D eigenvalue weighted by Gasteiger charge is -2.21. The maximum atomic E-state index is 13.4. The number of carbonyl (C=O) groups excluding carboxylic acids is 2. The third-order valence-corrected chi connectivity index (χ3v) is 4.39. The van der Waals surface area contributed by atoms with Crippen LogP contribution in [0.4, 0.5) is 10.1 Å². The smallest absolute Gasteiger partial charge is 0.338 e. The highest BCUT2D eigenvalue weighted by atomic mass is 19.1. The van der Waals surface area contributed by atoms with Crippen LogP contribution in [0.2, 0.25) is 0 Å². The van der Waals surface area contributed by atoms with Crippen molar-refractivity contribution in [1.82, 2.24) is 0 Å². The first kappa shape index (κ1) is 13.7. The Kier molecular flexibility index (Phi) is 3.04. The molecule has 1 aliphatic heterocycles. The van der Waals surface area contributed by atoms with Crippen LogP contribution in [0.15, 0.2) is 18.2 Å². The van der Waals surface area contributed by atoms with Crippen LogP contribution in [0.25, 0.3) is 0 Å². The van der Waals surface area contributed by atoms with Crippen LogP contribution in [0.5, 0.6) is 0 Å². The monoisotopic (exact) mass is 291 g/mol. The molecule has 3 rings (SSSR count). The third kappa shape index (κ3) is 2.02. The van der Waals surface area contributed by atoms with E-state index in [1.165, 1.54) is 6.07 Å². The zero-order valence-electron chi connectivity index (χ0n) is 11.3. The van der Waals surface area contributed by atoms with Gasteiger partial charge in [-0.25, -0.2) is 9.18 Å². The Hall–Kier alpha value is -2.24. The highest BCUT2D eigenvalue weighted by molar-refractivity contribution is 6.22. The molecule has 0 aromatic heterocycles. The van der Waals surface area contributed by atoms with Crippen molar-refractivity contribution in [2.24, 2.45) is 5.41 Å². The number of anilines is 1. The first-order valence-corrected chi connectivity index (χ1v) is 6.85. The van der Waals surface area contributed by atoms with Gasteiger partial charge in [0.05, 0.1) is 16.7 Å². The number of aromatic carboxylic acids is 1. The molecule has 0 radical (unpaired) electrons. The summed E-state index contributed by atoms with van der Waals surface area (Å²) in [6, 6.07) is 3.28. The minimum atomic E-state index is -1.43. The van der Waals surface area contributed by atoms with Crippen molar-refractivity contribution in [3.8, 4) is 0 Å². The fraction of sp³-hybridized carbons (Fsp3) is 0.400. The summed E-state index contributed by atoms with van der Waals surface area (Å²) in [7, 11) is 0. The Morgan fingerprint density at radius 2 is 1.90 bits per heavy atom. The Balaban J connectivity index is 2.01. The zero-order chi connectivity index (χ0) is 15.2. The Morgan fingerprint density at radius 3 is 2.52 bits per heavy atom. The Labute approximate surface area is 120 Å². The fourth-order valence-electron chi connectivity index (χ4n) is 3.31. The average Bonchev–Trinajstić information content (AvgIpc) is 2.98. The summed E-state index contributed by atoms with van der Waals surface area (Å²) in [6.45, 7) is 0. The quantitative estimate of drug-likeness (QED) is 0.849. The number of carbonyl (C=O) groups is 3. The predicted octanol–water partition coefficient (Wildman–Crippen LogP) is 2.35. The molecule has 1 aromatic carbocycles. The number of amides is 2. The number of nitrogens with zero attached hydrogens (tertiary/aromatic N) is 1. The van der Waals surface area contributed by atoms with E-state index in [1.807, 2.05) is 0 Å². The van der Waals surface area contributed by atoms with Crippen molar-refractivity contribution < 1.29 is 23.9 Å². The van der Waals surface area contributed by atoms with E-state index in [-0.39, 0.29) is 23.9 Å². The van der Waals surface area contributed by atoms with Gasteiger partial charge >= 0.3 is 5.97 Å². The molecule has 1 saturated carbocycles. The highest BCUT2D eigenvalue weighted by Crippen LogP contribution is 2.48. The second-order valence-electron chi connectivity index (χ2n) is 5.67. The fourth-order valence-corrected chi connectivity index (χ4v) is 3.31. The second kappa shape index (κ2) is 4.65. The number of carboxylic acid groups (broad SMARTS) is 1. The van der Waals surface area contributed by atoms with Gasteiger partial charge in [-0.15, -0.1) is 0 Å². The summed E-state index contributed by atoms with van der Waals surface area (Å²) >= 11 is 0. The molecule has 1 aliphatic carbocycles. The van der Waals surface area contributed by atoms with Gasteiger partial charge in [-0.1, -0.05) is 12.8 Å². The normalized spacial score (nSPS) is 20.5. The van der Waals surface area contributed by atoms with E-state index in [9.17, 15) is 18.8 Å². The summed E-state index contributed by atoms with van der Waals surface area (Å²) in [5.41, 5.74) is -1.04. The van der Waals surface area contributed by atoms with Crippen LogP contribution in [0, 0.1) is 11.2 Å². The summed E-state index contributed by atoms with van der Waals surface area (Å²) in [4.78, 5) is 36.7. The van der Waals surface area contributed by atoms with Gasteiger partial charge in [-0.2, -0.15) is 0 Å². The molecule has 1 heterocycles. The number of imide groups is 1. The summed E-state index contributed by atoms with van der Waals surface area (Å²) in [5.74, 6) is -2.94. The number of hydrogen-bond acceptors (Lipinski definition) is 3. The van der Waals surface area contributed by atoms with Crippen LogP contribution >= 0.6 is 0 Å². The molecule has 6 heteroatoms. The zero-order valence-corrected chi connectivity index (χ0v) is 11.3. The standard InChI is InChI=1S/C15H14FNO4/c16-11-4-3-9(7-10(11)13(19)20)17-12(18)8-15(14(17)21)5-1-2-6-15/h3-4,7H,1-2,5-6,8H2,(H,19,20). The van der Waals surface area contributed by atoms with Gasteiger partial charge in [-0.05, 0) is 31.0 Å². The van der Waals surface area contributed by atoms with Gasteiger partial charge in [0, 0.05) is 6.42 Å². The van der Waals surface area contributed by atoms with Gasteiger partial charge in [-0.3, -0.25) is 14.5 Å². The minimum Gasteiger partial charge on any atom is -0.478 e. The topological polar surface area (TPSA) is 74.7 Å². The van der Waals surface area contributed by atoms with Crippen molar-refractivity contribution in [2.45, 2.75) is 32.1 Å².